The fourth-order valence-corrected chi connectivity index (χ4v) is 3.23. The van der Waals surface area contributed by atoms with Crippen molar-refractivity contribution in [2.75, 3.05) is 5.32 Å². The van der Waals surface area contributed by atoms with Crippen molar-refractivity contribution in [2.45, 2.75) is 31.8 Å². The van der Waals surface area contributed by atoms with E-state index < -0.39 is 34.2 Å². The molecule has 2 N–H and O–H groups in total. The Balaban J connectivity index is 1.84. The Kier molecular flexibility index (Phi) is 4.20. The number of thiocarbonyl (C=S) groups is 1. The van der Waals surface area contributed by atoms with Crippen molar-refractivity contribution < 1.29 is 19.3 Å². The molecule has 0 bridgehead atoms. The minimum atomic E-state index is -1.16. The molecule has 2 aliphatic heterocycles. The van der Waals surface area contributed by atoms with Gasteiger partial charge in [0.05, 0.1) is 11.3 Å². The van der Waals surface area contributed by atoms with Gasteiger partial charge in [-0.15, -0.1) is 0 Å². The van der Waals surface area contributed by atoms with E-state index in [1.54, 1.807) is 13.8 Å². The molecule has 3 rings (SSSR count). The van der Waals surface area contributed by atoms with E-state index in [0.29, 0.717) is 5.69 Å². The van der Waals surface area contributed by atoms with E-state index in [4.69, 9.17) is 12.2 Å². The number of benzene rings is 1. The molecule has 136 valence electrons. The molecule has 2 heterocycles. The van der Waals surface area contributed by atoms with Gasteiger partial charge >= 0.3 is 0 Å². The maximum Gasteiger partial charge on any atom is 0.269 e. The van der Waals surface area contributed by atoms with Crippen LogP contribution in [0.1, 0.15) is 20.3 Å². The third-order valence-corrected chi connectivity index (χ3v) is 4.58. The number of nitrogens with one attached hydrogen (secondary N) is 2. The highest BCUT2D eigenvalue weighted by Gasteiger charge is 2.56. The summed E-state index contributed by atoms with van der Waals surface area (Å²) in [6.45, 7) is 3.17. The molecular formula is C15H15N5O5S. The molecule has 1 aromatic carbocycles. The van der Waals surface area contributed by atoms with Crippen LogP contribution in [0.15, 0.2) is 24.3 Å². The van der Waals surface area contributed by atoms with Gasteiger partial charge in [0.2, 0.25) is 17.7 Å². The number of fused-ring (bicyclic) bond motifs is 1. The second-order valence-electron chi connectivity index (χ2n) is 6.38. The Morgan fingerprint density at radius 1 is 1.35 bits per heavy atom. The average Bonchev–Trinajstić information content (AvgIpc) is 2.92. The summed E-state index contributed by atoms with van der Waals surface area (Å²) in [5, 5.41) is 18.2. The molecule has 0 radical (unpaired) electrons. The van der Waals surface area contributed by atoms with Crippen LogP contribution in [0.5, 0.6) is 0 Å². The highest BCUT2D eigenvalue weighted by Crippen LogP contribution is 2.33. The van der Waals surface area contributed by atoms with Crippen LogP contribution in [0, 0.1) is 10.1 Å². The van der Waals surface area contributed by atoms with E-state index in [1.807, 2.05) is 0 Å². The van der Waals surface area contributed by atoms with Gasteiger partial charge in [0.1, 0.15) is 11.6 Å². The Morgan fingerprint density at radius 2 is 1.96 bits per heavy atom. The number of carbonyl (C=O) groups is 3. The van der Waals surface area contributed by atoms with Crippen LogP contribution in [-0.4, -0.2) is 49.4 Å². The molecule has 1 atom stereocenters. The summed E-state index contributed by atoms with van der Waals surface area (Å²) < 4.78 is 0. The second kappa shape index (κ2) is 6.11. The van der Waals surface area contributed by atoms with Gasteiger partial charge in [-0.1, -0.05) is 0 Å². The summed E-state index contributed by atoms with van der Waals surface area (Å²) in [6, 6.07) is 4.37. The summed E-state index contributed by atoms with van der Waals surface area (Å²) in [5.74, 6) is -1.33. The van der Waals surface area contributed by atoms with Crippen LogP contribution >= 0.6 is 12.2 Å². The maximum atomic E-state index is 12.7. The van der Waals surface area contributed by atoms with Gasteiger partial charge in [0.15, 0.2) is 5.11 Å². The Bertz CT molecular complexity index is 837. The number of nitrogens with zero attached hydrogens (tertiary/aromatic N) is 3. The van der Waals surface area contributed by atoms with E-state index in [0.717, 1.165) is 5.01 Å². The lowest BCUT2D eigenvalue weighted by Crippen LogP contribution is -2.71. The minimum absolute atomic E-state index is 0.0649. The standard InChI is InChI=1S/C15H15N5O5S/c1-15(2)13(23)17-14(26)18-11(21)7-10(19(15)18)12(22)16-8-3-5-9(6-4-8)20(24)25/h3-6,10H,7H2,1-2H3,(H,16,22)(H,17,23,26). The molecule has 11 heteroatoms. The fourth-order valence-electron chi connectivity index (χ4n) is 2.95. The zero-order chi connectivity index (χ0) is 19.2. The fraction of sp³-hybridized carbons (Fsp3) is 0.333. The Labute approximate surface area is 153 Å². The van der Waals surface area contributed by atoms with Crippen molar-refractivity contribution in [1.82, 2.24) is 15.3 Å². The number of anilines is 1. The predicted molar refractivity (Wildman–Crippen MR) is 93.6 cm³/mol. The summed E-state index contributed by atoms with van der Waals surface area (Å²) in [5.41, 5.74) is -0.927. The van der Waals surface area contributed by atoms with Crippen molar-refractivity contribution in [3.8, 4) is 0 Å². The minimum Gasteiger partial charge on any atom is -0.325 e. The smallest absolute Gasteiger partial charge is 0.269 e. The average molecular weight is 377 g/mol. The van der Waals surface area contributed by atoms with Crippen LogP contribution in [-0.2, 0) is 14.4 Å². The van der Waals surface area contributed by atoms with E-state index in [2.05, 4.69) is 10.6 Å². The van der Waals surface area contributed by atoms with E-state index in [1.165, 1.54) is 29.3 Å². The van der Waals surface area contributed by atoms with Crippen LogP contribution in [0.25, 0.3) is 0 Å². The van der Waals surface area contributed by atoms with Crippen molar-refractivity contribution in [3.05, 3.63) is 34.4 Å². The van der Waals surface area contributed by atoms with E-state index >= 15 is 0 Å². The third kappa shape index (κ3) is 2.80. The lowest BCUT2D eigenvalue weighted by atomic mass is 10.00. The molecule has 26 heavy (non-hydrogen) atoms. The van der Waals surface area contributed by atoms with Gasteiger partial charge in [0, 0.05) is 17.8 Å². The first-order chi connectivity index (χ1) is 12.1. The number of non-ortho nitro benzene ring substituents is 1. The molecule has 3 amide bonds. The molecule has 2 fully saturated rings. The quantitative estimate of drug-likeness (QED) is 0.447. The number of rotatable bonds is 3. The number of amides is 3. The number of hydrogen-bond acceptors (Lipinski definition) is 7. The van der Waals surface area contributed by atoms with Crippen LogP contribution in [0.4, 0.5) is 11.4 Å². The Hall–Kier alpha value is -2.92. The number of hydrogen-bond donors (Lipinski definition) is 2. The largest absolute Gasteiger partial charge is 0.325 e. The molecule has 1 aromatic rings. The monoisotopic (exact) mass is 377 g/mol. The van der Waals surface area contributed by atoms with Crippen LogP contribution in [0.3, 0.4) is 0 Å². The first-order valence-electron chi connectivity index (χ1n) is 7.66. The van der Waals surface area contributed by atoms with Gasteiger partial charge in [0.25, 0.3) is 5.69 Å². The molecule has 1 unspecified atom stereocenters. The lowest BCUT2D eigenvalue weighted by Gasteiger charge is -2.45. The maximum absolute atomic E-state index is 12.7. The molecule has 0 aromatic heterocycles. The predicted octanol–water partition coefficient (Wildman–Crippen LogP) is 0.544. The summed E-state index contributed by atoms with van der Waals surface area (Å²) in [7, 11) is 0. The lowest BCUT2D eigenvalue weighted by molar-refractivity contribution is -0.384. The zero-order valence-corrected chi connectivity index (χ0v) is 14.7. The summed E-state index contributed by atoms with van der Waals surface area (Å²) >= 11 is 5.04. The first-order valence-corrected chi connectivity index (χ1v) is 8.06. The number of nitro groups is 1. The molecular weight excluding hydrogens is 362 g/mol. The van der Waals surface area contributed by atoms with Crippen molar-refractivity contribution in [2.24, 2.45) is 0 Å². The number of carbonyl (C=O) groups excluding carboxylic acids is 3. The van der Waals surface area contributed by atoms with Gasteiger partial charge < -0.3 is 5.32 Å². The topological polar surface area (TPSA) is 125 Å². The number of nitro benzene ring substituents is 1. The molecule has 0 aliphatic carbocycles. The van der Waals surface area contributed by atoms with Gasteiger partial charge in [-0.25, -0.2) is 5.01 Å². The van der Waals surface area contributed by atoms with Crippen molar-refractivity contribution in [1.29, 1.82) is 0 Å². The molecule has 2 saturated heterocycles. The second-order valence-corrected chi connectivity index (χ2v) is 6.77. The zero-order valence-electron chi connectivity index (χ0n) is 13.9. The molecule has 2 aliphatic rings. The van der Waals surface area contributed by atoms with Crippen molar-refractivity contribution in [3.63, 3.8) is 0 Å². The number of hydrazine groups is 1. The Morgan fingerprint density at radius 3 is 2.54 bits per heavy atom. The normalized spacial score (nSPS) is 22.0. The molecule has 0 spiro atoms. The summed E-state index contributed by atoms with van der Waals surface area (Å²) in [4.78, 5) is 47.4. The molecule has 10 nitrogen and oxygen atoms in total. The van der Waals surface area contributed by atoms with Crippen molar-refractivity contribution >= 4 is 46.4 Å². The SMILES string of the molecule is CC1(C)C(=O)NC(=S)N2C(=O)CC(C(=O)Nc3ccc([N+](=O)[O-])cc3)N21. The van der Waals surface area contributed by atoms with E-state index in [9.17, 15) is 24.5 Å². The van der Waals surface area contributed by atoms with Gasteiger partial charge in [-0.05, 0) is 38.2 Å². The van der Waals surface area contributed by atoms with Gasteiger partial charge in [-0.3, -0.25) is 29.8 Å². The third-order valence-electron chi connectivity index (χ3n) is 4.30. The van der Waals surface area contributed by atoms with Gasteiger partial charge in [-0.2, -0.15) is 5.01 Å². The van der Waals surface area contributed by atoms with E-state index in [-0.39, 0.29) is 17.2 Å². The first kappa shape index (κ1) is 17.9. The highest BCUT2D eigenvalue weighted by molar-refractivity contribution is 7.80. The molecule has 0 saturated carbocycles. The highest BCUT2D eigenvalue weighted by atomic mass is 32.1. The van der Waals surface area contributed by atoms with Crippen LogP contribution < -0.4 is 10.6 Å². The summed E-state index contributed by atoms with van der Waals surface area (Å²) in [6.07, 6.45) is -0.142. The van der Waals surface area contributed by atoms with Crippen LogP contribution in [0.2, 0.25) is 0 Å².